The number of sulfonamides is 1. The van der Waals surface area contributed by atoms with E-state index in [0.717, 1.165) is 10.3 Å². The van der Waals surface area contributed by atoms with Crippen molar-refractivity contribution in [1.82, 2.24) is 9.29 Å². The predicted molar refractivity (Wildman–Crippen MR) is 139 cm³/mol. The van der Waals surface area contributed by atoms with Gasteiger partial charge in [0.1, 0.15) is 17.0 Å². The Morgan fingerprint density at radius 3 is 2.72 bits per heavy atom. The van der Waals surface area contributed by atoms with Crippen LogP contribution in [0.25, 0.3) is 10.2 Å². The lowest BCUT2D eigenvalue weighted by Gasteiger charge is -2.33. The van der Waals surface area contributed by atoms with E-state index in [2.05, 4.69) is 0 Å². The molecule has 1 unspecified atom stereocenters. The van der Waals surface area contributed by atoms with Gasteiger partial charge in [0.15, 0.2) is 5.13 Å². The van der Waals surface area contributed by atoms with Gasteiger partial charge >= 0.3 is 0 Å². The number of hydrogen-bond donors (Lipinski definition) is 0. The molecule has 1 aliphatic rings. The molecule has 8 nitrogen and oxygen atoms in total. The highest BCUT2D eigenvalue weighted by molar-refractivity contribution is 7.89. The fraction of sp³-hybridized carbons (Fsp3) is 0.308. The van der Waals surface area contributed by atoms with Crippen molar-refractivity contribution in [3.8, 4) is 5.75 Å². The third-order valence-electron chi connectivity index (χ3n) is 6.42. The molecule has 0 aliphatic carbocycles. The maximum Gasteiger partial charge on any atom is 0.243 e. The molecule has 0 bridgehead atoms. The van der Waals surface area contributed by atoms with Crippen LogP contribution < -0.4 is 9.64 Å². The highest BCUT2D eigenvalue weighted by Gasteiger charge is 2.36. The molecule has 1 fully saturated rings. The second-order valence-corrected chi connectivity index (χ2v) is 11.7. The summed E-state index contributed by atoms with van der Waals surface area (Å²) in [6.45, 7) is 2.71. The first-order chi connectivity index (χ1) is 17.4. The second-order valence-electron chi connectivity index (χ2n) is 8.78. The summed E-state index contributed by atoms with van der Waals surface area (Å²) in [5, 5.41) is 0.530. The van der Waals surface area contributed by atoms with Gasteiger partial charge < -0.3 is 9.15 Å². The third-order valence-corrected chi connectivity index (χ3v) is 9.51. The molecule has 2 aromatic carbocycles. The summed E-state index contributed by atoms with van der Waals surface area (Å²) in [6.07, 6.45) is 2.77. The molecule has 4 aromatic rings. The van der Waals surface area contributed by atoms with Crippen LogP contribution >= 0.6 is 11.3 Å². The smallest absolute Gasteiger partial charge is 0.243 e. The first kappa shape index (κ1) is 24.5. The van der Waals surface area contributed by atoms with Crippen molar-refractivity contribution in [2.24, 2.45) is 5.92 Å². The number of aryl methyl sites for hydroxylation is 1. The monoisotopic (exact) mass is 525 g/mol. The molecule has 188 valence electrons. The summed E-state index contributed by atoms with van der Waals surface area (Å²) in [6, 6.07) is 15.8. The van der Waals surface area contributed by atoms with Crippen LogP contribution in [-0.2, 0) is 21.4 Å². The Hall–Kier alpha value is -3.21. The number of ether oxygens (including phenoxy) is 1. The van der Waals surface area contributed by atoms with Crippen LogP contribution in [0, 0.1) is 12.8 Å². The number of hydrogen-bond acceptors (Lipinski definition) is 7. The topological polar surface area (TPSA) is 93.0 Å². The Morgan fingerprint density at radius 2 is 2.00 bits per heavy atom. The molecule has 0 saturated carbocycles. The molecule has 1 saturated heterocycles. The van der Waals surface area contributed by atoms with E-state index in [-0.39, 0.29) is 23.9 Å². The van der Waals surface area contributed by atoms with Gasteiger partial charge in [-0.25, -0.2) is 13.4 Å². The minimum atomic E-state index is -3.69. The number of rotatable bonds is 7. The van der Waals surface area contributed by atoms with Gasteiger partial charge in [-0.3, -0.25) is 9.69 Å². The zero-order valence-electron chi connectivity index (χ0n) is 20.1. The van der Waals surface area contributed by atoms with Crippen LogP contribution in [0.1, 0.15) is 24.2 Å². The minimum absolute atomic E-state index is 0.123. The van der Waals surface area contributed by atoms with Crippen molar-refractivity contribution in [2.45, 2.75) is 31.2 Å². The summed E-state index contributed by atoms with van der Waals surface area (Å²) < 4.78 is 39.9. The number of thiazole rings is 1. The normalized spacial score (nSPS) is 16.8. The van der Waals surface area contributed by atoms with E-state index in [1.807, 2.05) is 25.1 Å². The number of anilines is 1. The number of piperidine rings is 1. The predicted octanol–water partition coefficient (Wildman–Crippen LogP) is 4.84. The van der Waals surface area contributed by atoms with Crippen LogP contribution in [0.4, 0.5) is 5.13 Å². The largest absolute Gasteiger partial charge is 0.494 e. The maximum absolute atomic E-state index is 13.9. The van der Waals surface area contributed by atoms with Crippen molar-refractivity contribution >= 4 is 42.6 Å². The van der Waals surface area contributed by atoms with E-state index in [1.165, 1.54) is 15.6 Å². The maximum atomic E-state index is 13.9. The van der Waals surface area contributed by atoms with Crippen molar-refractivity contribution in [1.29, 1.82) is 0 Å². The summed E-state index contributed by atoms with van der Waals surface area (Å²) in [5.74, 6) is 0.592. The van der Waals surface area contributed by atoms with E-state index in [9.17, 15) is 13.2 Å². The van der Waals surface area contributed by atoms with Gasteiger partial charge in [-0.1, -0.05) is 35.6 Å². The lowest BCUT2D eigenvalue weighted by molar-refractivity contribution is -0.123. The van der Waals surface area contributed by atoms with Crippen LogP contribution in [0.3, 0.4) is 0 Å². The summed E-state index contributed by atoms with van der Waals surface area (Å²) >= 11 is 1.42. The van der Waals surface area contributed by atoms with Gasteiger partial charge in [-0.15, -0.1) is 0 Å². The highest BCUT2D eigenvalue weighted by Crippen LogP contribution is 2.38. The Morgan fingerprint density at radius 1 is 1.19 bits per heavy atom. The molecule has 36 heavy (non-hydrogen) atoms. The number of fused-ring (bicyclic) bond motifs is 1. The first-order valence-electron chi connectivity index (χ1n) is 11.7. The van der Waals surface area contributed by atoms with Gasteiger partial charge in [0.2, 0.25) is 15.9 Å². The molecule has 3 heterocycles. The molecular weight excluding hydrogens is 498 g/mol. The van der Waals surface area contributed by atoms with Gasteiger partial charge in [0, 0.05) is 13.1 Å². The van der Waals surface area contributed by atoms with E-state index < -0.39 is 15.9 Å². The lowest BCUT2D eigenvalue weighted by atomic mass is 9.98. The zero-order valence-corrected chi connectivity index (χ0v) is 21.7. The fourth-order valence-electron chi connectivity index (χ4n) is 4.50. The molecule has 10 heteroatoms. The van der Waals surface area contributed by atoms with Crippen LogP contribution in [0.15, 0.2) is 70.2 Å². The quantitative estimate of drug-likeness (QED) is 0.343. The average Bonchev–Trinajstić information content (AvgIpc) is 3.58. The second kappa shape index (κ2) is 10.0. The standard InChI is InChI=1S/C26H27N3O5S2/c1-18-12-13-22(33-2)23-24(18)35-26(27-23)29(17-20-9-7-15-34-20)25(30)19-8-6-14-28(16-19)36(31,32)21-10-4-3-5-11-21/h3-5,7,9-13,15,19H,6,8,14,16-17H2,1-2H3. The molecule has 1 amide bonds. The van der Waals surface area contributed by atoms with Crippen molar-refractivity contribution in [3.05, 3.63) is 72.2 Å². The lowest BCUT2D eigenvalue weighted by Crippen LogP contribution is -2.46. The number of benzene rings is 2. The van der Waals surface area contributed by atoms with Crippen LogP contribution in [0.5, 0.6) is 5.75 Å². The molecule has 0 N–H and O–H groups in total. The minimum Gasteiger partial charge on any atom is -0.494 e. The number of carbonyl (C=O) groups is 1. The Balaban J connectivity index is 1.48. The Kier molecular flexibility index (Phi) is 6.83. The van der Waals surface area contributed by atoms with E-state index in [0.29, 0.717) is 41.5 Å². The van der Waals surface area contributed by atoms with Crippen LogP contribution in [0.2, 0.25) is 0 Å². The molecule has 1 aliphatic heterocycles. The van der Waals surface area contributed by atoms with Gasteiger partial charge in [-0.2, -0.15) is 4.31 Å². The average molecular weight is 526 g/mol. The number of nitrogens with zero attached hydrogens (tertiary/aromatic N) is 3. The third kappa shape index (κ3) is 4.63. The molecule has 2 aromatic heterocycles. The molecule has 0 spiro atoms. The molecule has 5 rings (SSSR count). The summed E-state index contributed by atoms with van der Waals surface area (Å²) in [7, 11) is -2.09. The highest BCUT2D eigenvalue weighted by atomic mass is 32.2. The molecule has 0 radical (unpaired) electrons. The SMILES string of the molecule is COc1ccc(C)c2sc(N(Cc3ccco3)C(=O)C3CCCN(S(=O)(=O)c4ccccc4)C3)nc12. The molecule has 1 atom stereocenters. The van der Waals surface area contributed by atoms with Crippen LogP contribution in [-0.4, -0.2) is 43.8 Å². The van der Waals surface area contributed by atoms with E-state index in [4.69, 9.17) is 14.1 Å². The number of methoxy groups -OCH3 is 1. The number of aromatic nitrogens is 1. The number of carbonyl (C=O) groups excluding carboxylic acids is 1. The van der Waals surface area contributed by atoms with Gasteiger partial charge in [-0.05, 0) is 55.7 Å². The van der Waals surface area contributed by atoms with Gasteiger partial charge in [0.25, 0.3) is 0 Å². The van der Waals surface area contributed by atoms with E-state index in [1.54, 1.807) is 54.7 Å². The number of furan rings is 1. The fourth-order valence-corrected chi connectivity index (χ4v) is 7.10. The zero-order chi connectivity index (χ0) is 25.3. The summed E-state index contributed by atoms with van der Waals surface area (Å²) in [4.78, 5) is 20.6. The first-order valence-corrected chi connectivity index (χ1v) is 14.0. The van der Waals surface area contributed by atoms with Gasteiger partial charge in [0.05, 0.1) is 35.4 Å². The van der Waals surface area contributed by atoms with Crippen molar-refractivity contribution < 1.29 is 22.4 Å². The Labute approximate surface area is 214 Å². The summed E-state index contributed by atoms with van der Waals surface area (Å²) in [5.41, 5.74) is 1.74. The Bertz CT molecular complexity index is 1470. The molecular formula is C26H27N3O5S2. The van der Waals surface area contributed by atoms with Crippen molar-refractivity contribution in [2.75, 3.05) is 25.1 Å². The van der Waals surface area contributed by atoms with E-state index >= 15 is 0 Å². The van der Waals surface area contributed by atoms with Crippen molar-refractivity contribution in [3.63, 3.8) is 0 Å². The number of amides is 1.